The summed E-state index contributed by atoms with van der Waals surface area (Å²) in [5.41, 5.74) is 5.96. The second-order valence-electron chi connectivity index (χ2n) is 10.3. The van der Waals surface area contributed by atoms with Crippen molar-refractivity contribution in [1.29, 1.82) is 0 Å². The molecular formula is C30H49N5O3S. The molecule has 0 amide bonds. The second kappa shape index (κ2) is 18.5. The molecule has 1 aromatic carbocycles. The molecule has 2 heterocycles. The largest absolute Gasteiger partial charge is 0.460 e. The van der Waals surface area contributed by atoms with Crippen LogP contribution in [0.1, 0.15) is 103 Å². The van der Waals surface area contributed by atoms with Crippen molar-refractivity contribution in [2.45, 2.75) is 115 Å². The zero-order valence-corrected chi connectivity index (χ0v) is 25.0. The Balaban J connectivity index is 0.000000282. The van der Waals surface area contributed by atoms with Gasteiger partial charge in [0.15, 0.2) is 0 Å². The maximum Gasteiger partial charge on any atom is 0.243 e. The minimum atomic E-state index is -3.77. The minimum absolute atomic E-state index is 0.0272. The average molecular weight is 560 g/mol. The van der Waals surface area contributed by atoms with Crippen molar-refractivity contribution < 1.29 is 17.5 Å². The zero-order chi connectivity index (χ0) is 28.3. The average Bonchev–Trinajstić information content (AvgIpc) is 3.51. The summed E-state index contributed by atoms with van der Waals surface area (Å²) in [5, 5.41) is 3.50. The summed E-state index contributed by atoms with van der Waals surface area (Å²) in [6, 6.07) is 7.21. The molecule has 0 aliphatic carbocycles. The maximum absolute atomic E-state index is 11.8. The van der Waals surface area contributed by atoms with Gasteiger partial charge in [-0.15, -0.1) is 0 Å². The predicted molar refractivity (Wildman–Crippen MR) is 158 cm³/mol. The van der Waals surface area contributed by atoms with Crippen LogP contribution in [0.5, 0.6) is 0 Å². The quantitative estimate of drug-likeness (QED) is 0.0973. The number of hydrogen-bond acceptors (Lipinski definition) is 5. The van der Waals surface area contributed by atoms with Crippen molar-refractivity contribution in [1.82, 2.24) is 9.72 Å². The molecule has 218 valence electrons. The Kier molecular flexibility index (Phi) is 15.3. The number of aromatic nitrogens is 3. The molecule has 2 aromatic heterocycles. The van der Waals surface area contributed by atoms with Crippen LogP contribution in [0.3, 0.4) is 0 Å². The van der Waals surface area contributed by atoms with Crippen LogP contribution in [0, 0.1) is 6.92 Å². The molecule has 0 bridgehead atoms. The number of benzene rings is 1. The van der Waals surface area contributed by atoms with E-state index < -0.39 is 10.0 Å². The molecule has 2 N–H and O–H groups in total. The molecule has 0 radical (unpaired) electrons. The van der Waals surface area contributed by atoms with Crippen molar-refractivity contribution >= 4 is 21.5 Å². The van der Waals surface area contributed by atoms with Gasteiger partial charge in [-0.05, 0) is 55.9 Å². The number of aryl methyl sites for hydroxylation is 3. The normalized spacial score (nSPS) is 11.3. The monoisotopic (exact) mass is 559 g/mol. The van der Waals surface area contributed by atoms with Gasteiger partial charge in [0.2, 0.25) is 16.4 Å². The van der Waals surface area contributed by atoms with Gasteiger partial charge in [0, 0.05) is 5.69 Å². The van der Waals surface area contributed by atoms with Crippen LogP contribution < -0.4 is 10.3 Å². The van der Waals surface area contributed by atoms with Crippen molar-refractivity contribution in [3.63, 3.8) is 0 Å². The van der Waals surface area contributed by atoms with E-state index in [9.17, 15) is 8.42 Å². The highest BCUT2D eigenvalue weighted by Gasteiger charge is 2.09. The predicted octanol–water partition coefficient (Wildman–Crippen LogP) is 7.75. The molecule has 0 aliphatic heterocycles. The van der Waals surface area contributed by atoms with E-state index in [1.807, 2.05) is 0 Å². The molecule has 39 heavy (non-hydrogen) atoms. The standard InChI is InChI=1S/C20H39N2.C10H10N3O3S/c1-3-4-5-6-7-8-9-10-11-12-13-14-15-16-17-22-19-18-21(2)20-22;1-7-6-10(12-16-7)13-17(14,15)9-4-2-8(11)3-5-9/h18-20H,3-17H2,1-2H3;2-6H,11H2,1H3/q+1;-1. The lowest BCUT2D eigenvalue weighted by Gasteiger charge is -2.11. The number of anilines is 1. The van der Waals surface area contributed by atoms with Gasteiger partial charge in [0.25, 0.3) is 0 Å². The van der Waals surface area contributed by atoms with Gasteiger partial charge in [-0.25, -0.2) is 17.6 Å². The smallest absolute Gasteiger partial charge is 0.243 e. The Morgan fingerprint density at radius 2 is 1.44 bits per heavy atom. The summed E-state index contributed by atoms with van der Waals surface area (Å²) in [7, 11) is -1.68. The van der Waals surface area contributed by atoms with Crippen LogP contribution in [0.4, 0.5) is 11.5 Å². The van der Waals surface area contributed by atoms with Gasteiger partial charge in [-0.3, -0.25) is 5.16 Å². The SMILES string of the molecule is CCCCCCCCCCCCCCCCn1cc[n+](C)c1.Cc1cc([N-]S(=O)(=O)c2ccc(N)cc2)no1. The summed E-state index contributed by atoms with van der Waals surface area (Å²) in [5.74, 6) is 0.524. The third-order valence-corrected chi connectivity index (χ3v) is 7.90. The van der Waals surface area contributed by atoms with Crippen LogP contribution in [-0.4, -0.2) is 18.1 Å². The van der Waals surface area contributed by atoms with Gasteiger partial charge in [0.1, 0.15) is 18.2 Å². The third-order valence-electron chi connectivity index (χ3n) is 6.60. The molecule has 0 spiro atoms. The van der Waals surface area contributed by atoms with Crippen LogP contribution in [0.25, 0.3) is 4.72 Å². The first kappa shape index (κ1) is 32.4. The number of unbranched alkanes of at least 4 members (excludes halogenated alkanes) is 13. The van der Waals surface area contributed by atoms with Gasteiger partial charge in [-0.2, -0.15) is 0 Å². The maximum atomic E-state index is 11.8. The number of nitrogens with two attached hydrogens (primary N) is 1. The van der Waals surface area contributed by atoms with Crippen molar-refractivity contribution in [3.05, 3.63) is 59.5 Å². The summed E-state index contributed by atoms with van der Waals surface area (Å²) in [6.45, 7) is 5.13. The lowest BCUT2D eigenvalue weighted by Crippen LogP contribution is -2.23. The molecule has 0 aliphatic rings. The molecule has 0 unspecified atom stereocenters. The second-order valence-corrected chi connectivity index (χ2v) is 11.9. The summed E-state index contributed by atoms with van der Waals surface area (Å²) in [4.78, 5) is 0.0624. The molecule has 0 saturated heterocycles. The number of rotatable bonds is 18. The highest BCUT2D eigenvalue weighted by Crippen LogP contribution is 2.27. The first-order valence-electron chi connectivity index (χ1n) is 14.6. The zero-order valence-electron chi connectivity index (χ0n) is 24.2. The van der Waals surface area contributed by atoms with Crippen LogP contribution in [0.2, 0.25) is 0 Å². The van der Waals surface area contributed by atoms with E-state index in [0.29, 0.717) is 11.4 Å². The topological polar surface area (TPSA) is 109 Å². The molecule has 8 nitrogen and oxygen atoms in total. The van der Waals surface area contributed by atoms with Gasteiger partial charge >= 0.3 is 0 Å². The van der Waals surface area contributed by atoms with Gasteiger partial charge in [-0.1, -0.05) is 84.0 Å². The number of nitrogens with zero attached hydrogens (tertiary/aromatic N) is 4. The molecule has 0 atom stereocenters. The number of hydrogen-bond donors (Lipinski definition) is 1. The fraction of sp³-hybridized carbons (Fsp3) is 0.600. The Morgan fingerprint density at radius 1 is 0.897 bits per heavy atom. The first-order valence-corrected chi connectivity index (χ1v) is 16.0. The van der Waals surface area contributed by atoms with Crippen molar-refractivity contribution in [3.8, 4) is 0 Å². The molecule has 0 saturated carbocycles. The van der Waals surface area contributed by atoms with Gasteiger partial charge in [0.05, 0.1) is 18.5 Å². The fourth-order valence-corrected chi connectivity index (χ4v) is 5.25. The Morgan fingerprint density at radius 3 is 1.90 bits per heavy atom. The highest BCUT2D eigenvalue weighted by molar-refractivity contribution is 7.94. The summed E-state index contributed by atoms with van der Waals surface area (Å²) >= 11 is 0. The van der Waals surface area contributed by atoms with Crippen molar-refractivity contribution in [2.75, 3.05) is 5.73 Å². The lowest BCUT2D eigenvalue weighted by molar-refractivity contribution is -0.671. The fourth-order valence-electron chi connectivity index (χ4n) is 4.33. The van der Waals surface area contributed by atoms with E-state index in [0.717, 1.165) is 0 Å². The van der Waals surface area contributed by atoms with Crippen molar-refractivity contribution in [2.24, 2.45) is 7.05 Å². The molecule has 0 fully saturated rings. The van der Waals surface area contributed by atoms with E-state index in [-0.39, 0.29) is 10.7 Å². The summed E-state index contributed by atoms with van der Waals surface area (Å²) in [6.07, 6.45) is 26.5. The van der Waals surface area contributed by atoms with E-state index in [4.69, 9.17) is 10.3 Å². The summed E-state index contributed by atoms with van der Waals surface area (Å²) < 4.78 is 36.3. The van der Waals surface area contributed by atoms with E-state index in [1.54, 1.807) is 6.92 Å². The number of sulfonamides is 1. The number of nitrogen functional groups attached to an aromatic ring is 1. The van der Waals surface area contributed by atoms with E-state index >= 15 is 0 Å². The van der Waals surface area contributed by atoms with E-state index in [2.05, 4.69) is 51.7 Å². The number of imidazole rings is 1. The Labute approximate surface area is 236 Å². The first-order chi connectivity index (χ1) is 18.8. The molecule has 9 heteroatoms. The minimum Gasteiger partial charge on any atom is -0.460 e. The van der Waals surface area contributed by atoms with Crippen LogP contribution in [-0.2, 0) is 23.6 Å². The molecule has 3 rings (SSSR count). The van der Waals surface area contributed by atoms with Gasteiger partial charge < -0.3 is 15.0 Å². The van der Waals surface area contributed by atoms with Crippen LogP contribution in [0.15, 0.2) is 58.5 Å². The van der Waals surface area contributed by atoms with Crippen LogP contribution >= 0.6 is 0 Å². The molecular weight excluding hydrogens is 510 g/mol. The Bertz CT molecular complexity index is 1140. The molecule has 3 aromatic rings. The lowest BCUT2D eigenvalue weighted by atomic mass is 10.0. The third kappa shape index (κ3) is 14.2. The Hall–Kier alpha value is -2.81. The van der Waals surface area contributed by atoms with E-state index in [1.165, 1.54) is 127 Å². The highest BCUT2D eigenvalue weighted by atomic mass is 32.2.